The zero-order chi connectivity index (χ0) is 15.1. The number of hydrogen-bond acceptors (Lipinski definition) is 2. The van der Waals surface area contributed by atoms with Crippen LogP contribution in [0.1, 0.15) is 70.2 Å². The predicted octanol–water partition coefficient (Wildman–Crippen LogP) is 4.93. The van der Waals surface area contributed by atoms with Crippen molar-refractivity contribution in [2.24, 2.45) is 5.92 Å². The Morgan fingerprint density at radius 1 is 1.00 bits per heavy atom. The maximum atomic E-state index is 11.0. The summed E-state index contributed by atoms with van der Waals surface area (Å²) in [5, 5.41) is 5.84. The van der Waals surface area contributed by atoms with E-state index in [2.05, 4.69) is 31.4 Å². The molecular weight excluding hydrogens is 533 g/mol. The summed E-state index contributed by atoms with van der Waals surface area (Å²) in [4.78, 5) is 11.0. The van der Waals surface area contributed by atoms with Gasteiger partial charge in [0.25, 0.3) is 0 Å². The molecule has 3 nitrogen and oxygen atoms in total. The van der Waals surface area contributed by atoms with Crippen LogP contribution in [0.4, 0.5) is 0 Å². The summed E-state index contributed by atoms with van der Waals surface area (Å²) < 4.78 is 0. The van der Waals surface area contributed by atoms with E-state index in [0.717, 1.165) is 0 Å². The van der Waals surface area contributed by atoms with Crippen molar-refractivity contribution in [3.05, 3.63) is 20.8 Å². The van der Waals surface area contributed by atoms with Gasteiger partial charge in [0.05, 0.1) is 6.54 Å². The second kappa shape index (κ2) is 38.7. The second-order valence-corrected chi connectivity index (χ2v) is 5.23. The fourth-order valence-electron chi connectivity index (χ4n) is 0.670. The van der Waals surface area contributed by atoms with Crippen molar-refractivity contribution in [1.82, 2.24) is 10.6 Å². The van der Waals surface area contributed by atoms with E-state index in [-0.39, 0.29) is 88.0 Å². The van der Waals surface area contributed by atoms with E-state index in [9.17, 15) is 4.79 Å². The molecule has 0 heterocycles. The molecule has 5 heteroatoms. The fourth-order valence-corrected chi connectivity index (χ4v) is 0.670. The Bertz CT molecular complexity index is 176. The molecule has 0 saturated carbocycles. The van der Waals surface area contributed by atoms with Crippen molar-refractivity contribution in [3.8, 4) is 0 Å². The molecule has 0 aliphatic carbocycles. The Labute approximate surface area is 189 Å². The second-order valence-electron chi connectivity index (χ2n) is 5.23. The van der Waals surface area contributed by atoms with Crippen LogP contribution in [0.5, 0.6) is 0 Å². The standard InChI is InChI=1S/C8H18N2O.C4H9.C3H7.2CH4.CH3.W.Y/c1-6(2)9-5-8(11)10-7(3)4;1-4(2)3;1-3-2;;;;;/h6-7,9H,5H2,1-4H3,(H,10,11);4H,1H2,2-3H3;3H,1-2H3;2*1H4;1H3;;/q;2*-1;;;-1;;. The van der Waals surface area contributed by atoms with Crippen LogP contribution >= 0.6 is 0 Å². The van der Waals surface area contributed by atoms with Gasteiger partial charge in [-0.05, 0) is 13.8 Å². The molecule has 0 unspecified atom stereocenters. The summed E-state index contributed by atoms with van der Waals surface area (Å²) in [5.41, 5.74) is 0. The van der Waals surface area contributed by atoms with Crippen molar-refractivity contribution < 1.29 is 58.6 Å². The Morgan fingerprint density at radius 3 is 1.43 bits per heavy atom. The van der Waals surface area contributed by atoms with Crippen LogP contribution in [0.3, 0.4) is 0 Å². The summed E-state index contributed by atoms with van der Waals surface area (Å²) in [7, 11) is 0. The number of nitrogens with one attached hydrogen (secondary N) is 2. The van der Waals surface area contributed by atoms with Gasteiger partial charge >= 0.3 is 0 Å². The van der Waals surface area contributed by atoms with Gasteiger partial charge in [0.1, 0.15) is 0 Å². The van der Waals surface area contributed by atoms with Crippen molar-refractivity contribution >= 4 is 5.91 Å². The molecule has 2 N–H and O–H groups in total. The van der Waals surface area contributed by atoms with Gasteiger partial charge in [-0.15, -0.1) is 0 Å². The van der Waals surface area contributed by atoms with Gasteiger partial charge in [0.2, 0.25) is 5.91 Å². The fraction of sp³-hybridized carbons (Fsp3) is 0.778. The van der Waals surface area contributed by atoms with E-state index in [1.165, 1.54) is 0 Å². The Hall–Kier alpha value is 1.22. The summed E-state index contributed by atoms with van der Waals surface area (Å²) in [5.74, 6) is 0.647. The van der Waals surface area contributed by atoms with Crippen LogP contribution in [-0.4, -0.2) is 24.5 Å². The maximum absolute atomic E-state index is 11.0. The van der Waals surface area contributed by atoms with E-state index in [1.54, 1.807) is 0 Å². The molecule has 0 aromatic rings. The molecule has 0 aromatic carbocycles. The molecule has 0 bridgehead atoms. The molecule has 0 spiro atoms. The molecule has 0 rings (SSSR count). The van der Waals surface area contributed by atoms with Gasteiger partial charge in [0.15, 0.2) is 0 Å². The first-order valence-electron chi connectivity index (χ1n) is 6.77. The van der Waals surface area contributed by atoms with Crippen LogP contribution in [0.25, 0.3) is 0 Å². The van der Waals surface area contributed by atoms with Gasteiger partial charge in [-0.1, -0.05) is 42.5 Å². The van der Waals surface area contributed by atoms with Crippen LogP contribution in [-0.2, 0) is 58.6 Å². The monoisotopic (exact) mass is 578 g/mol. The smallest absolute Gasteiger partial charge is 0.234 e. The molecule has 0 aliphatic rings. The van der Waals surface area contributed by atoms with E-state index >= 15 is 0 Å². The Balaban J connectivity index is -0.0000000273. The van der Waals surface area contributed by atoms with E-state index in [1.807, 2.05) is 48.0 Å². The molecule has 0 aromatic heterocycles. The first kappa shape index (κ1) is 49.6. The quantitative estimate of drug-likeness (QED) is 0.465. The topological polar surface area (TPSA) is 41.1 Å². The molecule has 23 heavy (non-hydrogen) atoms. The normalized spacial score (nSPS) is 7.48. The zero-order valence-electron chi connectivity index (χ0n) is 15.6. The number of hydrogen-bond donors (Lipinski definition) is 2. The first-order chi connectivity index (χ1) is 8.17. The summed E-state index contributed by atoms with van der Waals surface area (Å²) in [6.45, 7) is 20.1. The number of rotatable bonds is 4. The third-order valence-electron chi connectivity index (χ3n) is 1.12. The third-order valence-corrected chi connectivity index (χ3v) is 1.12. The average Bonchev–Trinajstić information content (AvgIpc) is 2.14. The van der Waals surface area contributed by atoms with Crippen molar-refractivity contribution in [2.45, 2.75) is 82.3 Å². The third kappa shape index (κ3) is 100. The Morgan fingerprint density at radius 2 is 1.26 bits per heavy atom. The van der Waals surface area contributed by atoms with Crippen molar-refractivity contribution in [3.63, 3.8) is 0 Å². The number of amides is 1. The van der Waals surface area contributed by atoms with Gasteiger partial charge in [-0.3, -0.25) is 4.79 Å². The molecule has 1 radical (unpaired) electrons. The van der Waals surface area contributed by atoms with Crippen LogP contribution in [0, 0.1) is 26.7 Å². The van der Waals surface area contributed by atoms with Crippen LogP contribution < -0.4 is 10.6 Å². The van der Waals surface area contributed by atoms with Gasteiger partial charge in [-0.2, -0.15) is 19.8 Å². The summed E-state index contributed by atoms with van der Waals surface area (Å²) in [6.07, 6.45) is 2.00. The molecule has 0 saturated heterocycles. The summed E-state index contributed by atoms with van der Waals surface area (Å²) >= 11 is 0. The predicted molar refractivity (Wildman–Crippen MR) is 102 cm³/mol. The molecular formula is C18H45N2OWY-3. The molecule has 1 amide bonds. The minimum atomic E-state index is 0. The minimum Gasteiger partial charge on any atom is -0.358 e. The minimum absolute atomic E-state index is 0. The SMILES string of the molecule is C.C.CC(C)NCC(=O)NC(C)C.C[CH-]C.[CH2-]C(C)C.[CH3-].[W].[Y]. The molecule has 0 aliphatic heterocycles. The number of carbonyl (C=O) groups excluding carboxylic acids is 1. The van der Waals surface area contributed by atoms with E-state index in [0.29, 0.717) is 18.5 Å². The van der Waals surface area contributed by atoms with Crippen molar-refractivity contribution in [1.29, 1.82) is 0 Å². The first-order valence-corrected chi connectivity index (χ1v) is 6.77. The van der Waals surface area contributed by atoms with E-state index < -0.39 is 0 Å². The van der Waals surface area contributed by atoms with Crippen LogP contribution in [0.15, 0.2) is 0 Å². The average molecular weight is 578 g/mol. The Kier molecular flexibility index (Phi) is 83.4. The van der Waals surface area contributed by atoms with Crippen molar-refractivity contribution in [2.75, 3.05) is 6.54 Å². The van der Waals surface area contributed by atoms with Gasteiger partial charge in [-0.25, -0.2) is 0 Å². The summed E-state index contributed by atoms with van der Waals surface area (Å²) in [6, 6.07) is 0.601. The molecule has 0 atom stereocenters. The van der Waals surface area contributed by atoms with E-state index in [4.69, 9.17) is 0 Å². The number of carbonyl (C=O) groups is 1. The van der Waals surface area contributed by atoms with Crippen LogP contribution in [0.2, 0.25) is 0 Å². The largest absolute Gasteiger partial charge is 0.358 e. The van der Waals surface area contributed by atoms with Gasteiger partial charge < -0.3 is 31.4 Å². The molecule has 0 fully saturated rings. The van der Waals surface area contributed by atoms with Gasteiger partial charge in [0, 0.05) is 65.9 Å². The maximum Gasteiger partial charge on any atom is 0.234 e. The zero-order valence-corrected chi connectivity index (χ0v) is 21.4. The molecule has 145 valence electrons.